The van der Waals surface area contributed by atoms with Crippen molar-refractivity contribution in [2.45, 2.75) is 81.3 Å². The summed E-state index contributed by atoms with van der Waals surface area (Å²) in [6.45, 7) is 2.32. The molecule has 0 spiro atoms. The minimum absolute atomic E-state index is 0.103. The Bertz CT molecular complexity index is 981. The average Bonchev–Trinajstić information content (AvgIpc) is 3.11. The second-order valence-electron chi connectivity index (χ2n) is 11.6. The number of alkyl halides is 1. The van der Waals surface area contributed by atoms with E-state index in [1.165, 1.54) is 11.8 Å². The quantitative estimate of drug-likeness (QED) is 0.292. The summed E-state index contributed by atoms with van der Waals surface area (Å²) in [5, 5.41) is 25.4. The minimum atomic E-state index is -0.893. The number of rotatable bonds is 2. The van der Waals surface area contributed by atoms with Crippen LogP contribution in [0.25, 0.3) is 11.6 Å². The van der Waals surface area contributed by atoms with E-state index in [1.54, 1.807) is 0 Å². The number of halogens is 1. The van der Waals surface area contributed by atoms with Gasteiger partial charge in [-0.05, 0) is 124 Å². The molecule has 0 amide bonds. The van der Waals surface area contributed by atoms with Gasteiger partial charge in [0.15, 0.2) is 0 Å². The highest BCUT2D eigenvalue weighted by molar-refractivity contribution is 6.25. The number of fused-ring (bicyclic) bond motifs is 4. The maximum absolute atomic E-state index is 12.3. The Morgan fingerprint density at radius 2 is 1.86 bits per heavy atom. The van der Waals surface area contributed by atoms with Gasteiger partial charge in [0.05, 0.1) is 16.6 Å². The number of hydrogen-bond donors (Lipinski definition) is 5. The molecule has 0 aromatic heterocycles. The molecule has 7 atom stereocenters. The van der Waals surface area contributed by atoms with E-state index in [0.717, 1.165) is 74.6 Å². The highest BCUT2D eigenvalue weighted by atomic mass is 35.5. The molecule has 6 heteroatoms. The predicted octanol–water partition coefficient (Wildman–Crippen LogP) is 4.91. The summed E-state index contributed by atoms with van der Waals surface area (Å²) < 4.78 is 0. The molecule has 1 aromatic rings. The molecular weight excluding hydrogens is 458 g/mol. The maximum atomic E-state index is 12.3. The molecule has 194 valence electrons. The molecule has 4 aliphatic rings. The SMILES string of the molecule is CC12CCC3(Cl)CC4CC(O)CCC4CC[C@]3(O)C1CC=C2c1ccc(/C=C\N)c(N)c1.CNC. The van der Waals surface area contributed by atoms with E-state index in [1.807, 2.05) is 32.3 Å². The smallest absolute Gasteiger partial charge is 0.0878 e. The summed E-state index contributed by atoms with van der Waals surface area (Å²) in [5.74, 6) is 1.10. The molecule has 1 aromatic carbocycles. The zero-order valence-corrected chi connectivity index (χ0v) is 22.3. The standard InChI is InChI=1S/C27H37ClN2O2.C2H7N/c1-25-11-12-26(28)16-20-14-21(31)5-4-17(20)8-10-27(26,32)24(25)7-6-22(25)19-3-2-18(9-13-29)23(30)15-19;1-3-2/h2-3,6,9,13,15,17,20-21,24,31-32H,4-5,7-8,10-12,14,16,29-30H2,1H3;3H,1-2H3/b13-9-;/t17?,20?,21?,24?,25?,26?,27-;/m0./s1. The lowest BCUT2D eigenvalue weighted by Crippen LogP contribution is -2.62. The number of benzene rings is 1. The summed E-state index contributed by atoms with van der Waals surface area (Å²) in [6.07, 6.45) is 13.4. The van der Waals surface area contributed by atoms with E-state index in [0.29, 0.717) is 11.8 Å². The van der Waals surface area contributed by atoms with Crippen molar-refractivity contribution in [3.63, 3.8) is 0 Å². The van der Waals surface area contributed by atoms with Crippen LogP contribution in [0.5, 0.6) is 0 Å². The van der Waals surface area contributed by atoms with Gasteiger partial charge in [-0.2, -0.15) is 0 Å². The Labute approximate surface area is 216 Å². The molecule has 0 saturated heterocycles. The molecule has 0 heterocycles. The Kier molecular flexibility index (Phi) is 7.64. The van der Waals surface area contributed by atoms with Crippen molar-refractivity contribution >= 4 is 28.9 Å². The van der Waals surface area contributed by atoms with Crippen molar-refractivity contribution in [3.8, 4) is 0 Å². The Hall–Kier alpha value is -1.53. The molecule has 5 nitrogen and oxygen atoms in total. The van der Waals surface area contributed by atoms with Crippen LogP contribution in [0, 0.1) is 23.2 Å². The number of hydrogen-bond acceptors (Lipinski definition) is 5. The fourth-order valence-electron chi connectivity index (χ4n) is 7.81. The third-order valence-electron chi connectivity index (χ3n) is 9.60. The van der Waals surface area contributed by atoms with Crippen LogP contribution < -0.4 is 16.8 Å². The third-order valence-corrected chi connectivity index (χ3v) is 10.3. The molecule has 35 heavy (non-hydrogen) atoms. The minimum Gasteiger partial charge on any atom is -0.405 e. The number of nitrogens with two attached hydrogens (primary N) is 2. The van der Waals surface area contributed by atoms with Gasteiger partial charge < -0.3 is 27.0 Å². The zero-order valence-electron chi connectivity index (χ0n) is 21.6. The van der Waals surface area contributed by atoms with Crippen molar-refractivity contribution in [3.05, 3.63) is 41.6 Å². The maximum Gasteiger partial charge on any atom is 0.0878 e. The first kappa shape index (κ1) is 26.5. The van der Waals surface area contributed by atoms with Gasteiger partial charge >= 0.3 is 0 Å². The average molecular weight is 502 g/mol. The van der Waals surface area contributed by atoms with Crippen LogP contribution in [-0.2, 0) is 0 Å². The highest BCUT2D eigenvalue weighted by Gasteiger charge is 2.65. The van der Waals surface area contributed by atoms with Crippen molar-refractivity contribution in [2.75, 3.05) is 19.8 Å². The van der Waals surface area contributed by atoms with Gasteiger partial charge in [0, 0.05) is 11.6 Å². The van der Waals surface area contributed by atoms with Crippen LogP contribution in [0.1, 0.15) is 75.8 Å². The monoisotopic (exact) mass is 501 g/mol. The van der Waals surface area contributed by atoms with Crippen LogP contribution in [0.3, 0.4) is 0 Å². The molecule has 3 saturated carbocycles. The number of aliphatic hydroxyl groups is 2. The number of nitrogen functional groups attached to an aromatic ring is 1. The molecule has 0 bridgehead atoms. The van der Waals surface area contributed by atoms with Crippen LogP contribution >= 0.6 is 11.6 Å². The zero-order chi connectivity index (χ0) is 25.4. The highest BCUT2D eigenvalue weighted by Crippen LogP contribution is 2.67. The molecular formula is C29H44ClN3O2. The van der Waals surface area contributed by atoms with Gasteiger partial charge in [-0.3, -0.25) is 0 Å². The van der Waals surface area contributed by atoms with Gasteiger partial charge in [-0.15, -0.1) is 11.6 Å². The van der Waals surface area contributed by atoms with Crippen LogP contribution in [0.2, 0.25) is 0 Å². The van der Waals surface area contributed by atoms with Gasteiger partial charge in [0.1, 0.15) is 0 Å². The fourth-order valence-corrected chi connectivity index (χ4v) is 8.33. The van der Waals surface area contributed by atoms with Gasteiger partial charge in [-0.25, -0.2) is 0 Å². The molecule has 6 unspecified atom stereocenters. The summed E-state index contributed by atoms with van der Waals surface area (Å²) in [7, 11) is 3.75. The molecule has 7 N–H and O–H groups in total. The summed E-state index contributed by atoms with van der Waals surface area (Å²) in [4.78, 5) is -0.605. The molecule has 5 rings (SSSR count). The van der Waals surface area contributed by atoms with E-state index < -0.39 is 10.5 Å². The van der Waals surface area contributed by atoms with E-state index in [-0.39, 0.29) is 17.4 Å². The van der Waals surface area contributed by atoms with Crippen LogP contribution in [0.4, 0.5) is 5.69 Å². The first-order valence-electron chi connectivity index (χ1n) is 13.3. The largest absolute Gasteiger partial charge is 0.405 e. The Morgan fingerprint density at radius 1 is 1.11 bits per heavy atom. The first-order chi connectivity index (χ1) is 16.6. The lowest BCUT2D eigenvalue weighted by molar-refractivity contribution is -0.118. The molecule has 0 radical (unpaired) electrons. The van der Waals surface area contributed by atoms with E-state index in [4.69, 9.17) is 23.1 Å². The first-order valence-corrected chi connectivity index (χ1v) is 13.7. The Morgan fingerprint density at radius 3 is 2.54 bits per heavy atom. The van der Waals surface area contributed by atoms with E-state index >= 15 is 0 Å². The summed E-state index contributed by atoms with van der Waals surface area (Å²) in [5.41, 5.74) is 14.9. The second-order valence-corrected chi connectivity index (χ2v) is 12.4. The number of anilines is 1. The molecule has 3 fully saturated rings. The third kappa shape index (κ3) is 4.54. The summed E-state index contributed by atoms with van der Waals surface area (Å²) in [6, 6.07) is 6.20. The fraction of sp³-hybridized carbons (Fsp3) is 0.655. The van der Waals surface area contributed by atoms with Crippen molar-refractivity contribution in [2.24, 2.45) is 28.9 Å². The second kappa shape index (κ2) is 10.1. The van der Waals surface area contributed by atoms with E-state index in [2.05, 4.69) is 24.4 Å². The summed E-state index contributed by atoms with van der Waals surface area (Å²) >= 11 is 7.40. The lowest BCUT2D eigenvalue weighted by atomic mass is 9.53. The Balaban J connectivity index is 0.000000917. The lowest BCUT2D eigenvalue weighted by Gasteiger charge is -2.57. The molecule has 0 aliphatic heterocycles. The van der Waals surface area contributed by atoms with Gasteiger partial charge in [0.2, 0.25) is 0 Å². The topological polar surface area (TPSA) is 105 Å². The van der Waals surface area contributed by atoms with E-state index in [9.17, 15) is 10.2 Å². The van der Waals surface area contributed by atoms with Crippen molar-refractivity contribution in [1.29, 1.82) is 0 Å². The predicted molar refractivity (Wildman–Crippen MR) is 147 cm³/mol. The number of aliphatic hydroxyl groups excluding tert-OH is 1. The van der Waals surface area contributed by atoms with Crippen molar-refractivity contribution < 1.29 is 10.2 Å². The number of nitrogens with one attached hydrogen (secondary N) is 1. The number of allylic oxidation sites excluding steroid dienone is 2. The van der Waals surface area contributed by atoms with Crippen LogP contribution in [-0.4, -0.2) is 40.9 Å². The van der Waals surface area contributed by atoms with Crippen LogP contribution in [0.15, 0.2) is 30.5 Å². The normalized spacial score (nSPS) is 40.6. The van der Waals surface area contributed by atoms with Crippen molar-refractivity contribution in [1.82, 2.24) is 5.32 Å². The molecule has 4 aliphatic carbocycles. The van der Waals surface area contributed by atoms with Gasteiger partial charge in [-0.1, -0.05) is 25.1 Å². The van der Waals surface area contributed by atoms with Gasteiger partial charge in [0.25, 0.3) is 0 Å².